The molecular weight excluding hydrogens is 332 g/mol. The highest BCUT2D eigenvalue weighted by Gasteiger charge is 2.40. The molecule has 2 heterocycles. The van der Waals surface area contributed by atoms with Gasteiger partial charge >= 0.3 is 0 Å². The Morgan fingerprint density at radius 1 is 1.38 bits per heavy atom. The van der Waals surface area contributed by atoms with Crippen LogP contribution in [0.1, 0.15) is 54.9 Å². The number of rotatable bonds is 5. The maximum atomic E-state index is 13.1. The molecule has 0 aromatic carbocycles. The first-order valence-corrected chi connectivity index (χ1v) is 8.89. The van der Waals surface area contributed by atoms with Gasteiger partial charge < -0.3 is 5.32 Å². The Morgan fingerprint density at radius 3 is 2.75 bits per heavy atom. The Balaban J connectivity index is 1.87. The van der Waals surface area contributed by atoms with E-state index in [2.05, 4.69) is 15.3 Å². The third-order valence-corrected chi connectivity index (χ3v) is 5.04. The molecule has 7 heteroatoms. The van der Waals surface area contributed by atoms with Gasteiger partial charge in [-0.3, -0.25) is 4.79 Å². The van der Waals surface area contributed by atoms with E-state index < -0.39 is 12.0 Å². The second kappa shape index (κ2) is 6.93. The molecule has 1 fully saturated rings. The topological polar surface area (TPSA) is 54.9 Å². The molecule has 0 bridgehead atoms. The van der Waals surface area contributed by atoms with Crippen molar-refractivity contribution < 1.29 is 13.6 Å². The molecule has 0 atom stereocenters. The van der Waals surface area contributed by atoms with Crippen LogP contribution < -0.4 is 5.32 Å². The lowest BCUT2D eigenvalue weighted by molar-refractivity contribution is -0.122. The molecule has 1 aliphatic rings. The monoisotopic (exact) mass is 351 g/mol. The van der Waals surface area contributed by atoms with Gasteiger partial charge in [0.05, 0.1) is 12.0 Å². The summed E-state index contributed by atoms with van der Waals surface area (Å²) in [5.74, 6) is 0.188. The van der Waals surface area contributed by atoms with Crippen molar-refractivity contribution in [3.63, 3.8) is 0 Å². The first kappa shape index (κ1) is 17.0. The maximum Gasteiger partial charge on any atom is 0.280 e. The fourth-order valence-electron chi connectivity index (χ4n) is 3.19. The zero-order valence-electron chi connectivity index (χ0n) is 13.4. The highest BCUT2D eigenvalue weighted by molar-refractivity contribution is 7.07. The van der Waals surface area contributed by atoms with Gasteiger partial charge in [-0.2, -0.15) is 11.3 Å². The molecule has 1 saturated carbocycles. The molecule has 2 aromatic heterocycles. The van der Waals surface area contributed by atoms with E-state index in [9.17, 15) is 13.6 Å². The van der Waals surface area contributed by atoms with Crippen LogP contribution in [0.5, 0.6) is 0 Å². The van der Waals surface area contributed by atoms with Crippen molar-refractivity contribution in [3.8, 4) is 0 Å². The van der Waals surface area contributed by atoms with E-state index in [0.717, 1.165) is 18.4 Å². The van der Waals surface area contributed by atoms with Crippen molar-refractivity contribution in [2.24, 2.45) is 0 Å². The van der Waals surface area contributed by atoms with Gasteiger partial charge in [0, 0.05) is 5.69 Å². The van der Waals surface area contributed by atoms with E-state index in [4.69, 9.17) is 0 Å². The lowest BCUT2D eigenvalue weighted by Crippen LogP contribution is -2.46. The normalized spacial score (nSPS) is 16.5. The Bertz CT molecular complexity index is 713. The van der Waals surface area contributed by atoms with E-state index >= 15 is 0 Å². The summed E-state index contributed by atoms with van der Waals surface area (Å²) in [5, 5.41) is 6.89. The van der Waals surface area contributed by atoms with Gasteiger partial charge in [-0.15, -0.1) is 0 Å². The number of aromatic nitrogens is 2. The van der Waals surface area contributed by atoms with Gasteiger partial charge in [0.15, 0.2) is 5.82 Å². The number of hydrogen-bond donors (Lipinski definition) is 1. The van der Waals surface area contributed by atoms with Gasteiger partial charge in [-0.25, -0.2) is 18.7 Å². The Hall–Kier alpha value is -1.89. The first-order valence-electron chi connectivity index (χ1n) is 7.95. The van der Waals surface area contributed by atoms with Gasteiger partial charge in [-0.05, 0) is 48.2 Å². The minimum atomic E-state index is -2.65. The van der Waals surface area contributed by atoms with E-state index in [-0.39, 0.29) is 18.0 Å². The molecule has 0 spiro atoms. The standard InChI is InChI=1S/C17H19F2N3OS/c1-11-8-13(15(18)19)21-16(20-11)17(5-2-3-6-17)22-14(23)9-12-4-7-24-10-12/h4,7-8,10,15H,2-3,5-6,9H2,1H3,(H,22,23). The summed E-state index contributed by atoms with van der Waals surface area (Å²) in [7, 11) is 0. The van der Waals surface area contributed by atoms with Crippen LogP contribution in [0, 0.1) is 6.92 Å². The molecule has 1 amide bonds. The third kappa shape index (κ3) is 3.61. The van der Waals surface area contributed by atoms with Crippen LogP contribution in [0.2, 0.25) is 0 Å². The van der Waals surface area contributed by atoms with Crippen LogP contribution in [0.25, 0.3) is 0 Å². The van der Waals surface area contributed by atoms with Crippen molar-refractivity contribution in [2.75, 3.05) is 0 Å². The van der Waals surface area contributed by atoms with Gasteiger partial charge in [0.2, 0.25) is 5.91 Å². The molecule has 24 heavy (non-hydrogen) atoms. The Labute approximate surface area is 143 Å². The minimum Gasteiger partial charge on any atom is -0.343 e. The number of amides is 1. The number of alkyl halides is 2. The molecule has 0 saturated heterocycles. The number of carbonyl (C=O) groups excluding carboxylic acids is 1. The molecule has 4 nitrogen and oxygen atoms in total. The highest BCUT2D eigenvalue weighted by atomic mass is 32.1. The summed E-state index contributed by atoms with van der Waals surface area (Å²) in [5.41, 5.74) is 0.427. The van der Waals surface area contributed by atoms with Gasteiger partial charge in [0.1, 0.15) is 5.69 Å². The predicted molar refractivity (Wildman–Crippen MR) is 88.0 cm³/mol. The van der Waals surface area contributed by atoms with Crippen molar-refractivity contribution in [1.29, 1.82) is 0 Å². The van der Waals surface area contributed by atoms with E-state index in [1.54, 1.807) is 6.92 Å². The number of thiophene rings is 1. The number of hydrogen-bond acceptors (Lipinski definition) is 4. The molecule has 2 aromatic rings. The number of nitrogens with one attached hydrogen (secondary N) is 1. The predicted octanol–water partition coefficient (Wildman–Crippen LogP) is 3.91. The molecule has 1 N–H and O–H groups in total. The number of nitrogens with zero attached hydrogens (tertiary/aromatic N) is 2. The summed E-state index contributed by atoms with van der Waals surface area (Å²) in [6, 6.07) is 3.20. The second-order valence-corrected chi connectivity index (χ2v) is 6.98. The van der Waals surface area contributed by atoms with Crippen LogP contribution >= 0.6 is 11.3 Å². The fraction of sp³-hybridized carbons (Fsp3) is 0.471. The van der Waals surface area contributed by atoms with Crippen molar-refractivity contribution in [2.45, 2.75) is 51.0 Å². The van der Waals surface area contributed by atoms with Crippen molar-refractivity contribution >= 4 is 17.2 Å². The summed E-state index contributed by atoms with van der Waals surface area (Å²) < 4.78 is 26.2. The van der Waals surface area contributed by atoms with Crippen LogP contribution in [0.15, 0.2) is 22.9 Å². The summed E-state index contributed by atoms with van der Waals surface area (Å²) in [6.07, 6.45) is 0.812. The summed E-state index contributed by atoms with van der Waals surface area (Å²) >= 11 is 1.54. The van der Waals surface area contributed by atoms with Crippen LogP contribution in [-0.4, -0.2) is 15.9 Å². The van der Waals surface area contributed by atoms with Crippen LogP contribution in [0.3, 0.4) is 0 Å². The van der Waals surface area contributed by atoms with Crippen LogP contribution in [-0.2, 0) is 16.8 Å². The zero-order chi connectivity index (χ0) is 17.2. The molecule has 0 aliphatic heterocycles. The fourth-order valence-corrected chi connectivity index (χ4v) is 3.86. The van der Waals surface area contributed by atoms with E-state index in [1.807, 2.05) is 16.8 Å². The minimum absolute atomic E-state index is 0.126. The summed E-state index contributed by atoms with van der Waals surface area (Å²) in [4.78, 5) is 20.9. The first-order chi connectivity index (χ1) is 11.5. The zero-order valence-corrected chi connectivity index (χ0v) is 14.2. The number of aryl methyl sites for hydroxylation is 1. The molecule has 0 unspecified atom stereocenters. The second-order valence-electron chi connectivity index (χ2n) is 6.20. The largest absolute Gasteiger partial charge is 0.343 e. The van der Waals surface area contributed by atoms with Crippen molar-refractivity contribution in [1.82, 2.24) is 15.3 Å². The lowest BCUT2D eigenvalue weighted by Gasteiger charge is -2.29. The Morgan fingerprint density at radius 2 is 2.12 bits per heavy atom. The number of halogens is 2. The molecule has 3 rings (SSSR count). The van der Waals surface area contributed by atoms with E-state index in [0.29, 0.717) is 24.4 Å². The maximum absolute atomic E-state index is 13.1. The molecular formula is C17H19F2N3OS. The molecule has 128 valence electrons. The average molecular weight is 351 g/mol. The quantitative estimate of drug-likeness (QED) is 0.888. The number of carbonyl (C=O) groups is 1. The van der Waals surface area contributed by atoms with E-state index in [1.165, 1.54) is 17.4 Å². The molecule has 0 radical (unpaired) electrons. The average Bonchev–Trinajstić information content (AvgIpc) is 3.19. The lowest BCUT2D eigenvalue weighted by atomic mass is 9.95. The molecule has 1 aliphatic carbocycles. The van der Waals surface area contributed by atoms with Crippen molar-refractivity contribution in [3.05, 3.63) is 45.7 Å². The SMILES string of the molecule is Cc1cc(C(F)F)nc(C2(NC(=O)Cc3ccsc3)CCCC2)n1. The highest BCUT2D eigenvalue weighted by Crippen LogP contribution is 2.37. The smallest absolute Gasteiger partial charge is 0.280 e. The Kier molecular flexibility index (Phi) is 4.89. The van der Waals surface area contributed by atoms with Gasteiger partial charge in [0.25, 0.3) is 6.43 Å². The van der Waals surface area contributed by atoms with Crippen LogP contribution in [0.4, 0.5) is 8.78 Å². The van der Waals surface area contributed by atoms with Gasteiger partial charge in [-0.1, -0.05) is 12.8 Å². The third-order valence-electron chi connectivity index (χ3n) is 4.31. The summed E-state index contributed by atoms with van der Waals surface area (Å²) in [6.45, 7) is 1.67.